The molecule has 1 aliphatic heterocycles. The van der Waals surface area contributed by atoms with Crippen LogP contribution in [-0.4, -0.2) is 36.8 Å². The van der Waals surface area contributed by atoms with Crippen LogP contribution in [-0.2, 0) is 21.2 Å². The summed E-state index contributed by atoms with van der Waals surface area (Å²) in [6.07, 6.45) is 1.35. The molecule has 8 heteroatoms. The number of hydrogen-bond donors (Lipinski definition) is 0. The number of sulfone groups is 1. The standard InChI is InChI=1S/C17H18BrNO4S2/c18-16-4-3-12(23-16)9-19(11-5-7-25(21,22)10-11)17(20)14-8-13(14)15-2-1-6-24-15/h1-4,6,11,13-14H,5,7-10H2. The van der Waals surface area contributed by atoms with Crippen molar-refractivity contribution in [3.63, 3.8) is 0 Å². The maximum absolute atomic E-state index is 13.1. The number of carbonyl (C=O) groups is 1. The molecular weight excluding hydrogens is 426 g/mol. The molecule has 134 valence electrons. The highest BCUT2D eigenvalue weighted by molar-refractivity contribution is 9.10. The molecule has 3 unspecified atom stereocenters. The minimum atomic E-state index is -3.05. The van der Waals surface area contributed by atoms with E-state index in [1.165, 1.54) is 4.88 Å². The van der Waals surface area contributed by atoms with Crippen LogP contribution >= 0.6 is 27.3 Å². The summed E-state index contributed by atoms with van der Waals surface area (Å²) >= 11 is 4.95. The Morgan fingerprint density at radius 1 is 1.36 bits per heavy atom. The van der Waals surface area contributed by atoms with Gasteiger partial charge in [-0.2, -0.15) is 0 Å². The number of amides is 1. The molecule has 2 aromatic heterocycles. The summed E-state index contributed by atoms with van der Waals surface area (Å²) in [6.45, 7) is 0.318. The van der Waals surface area contributed by atoms with Crippen LogP contribution in [0.2, 0.25) is 0 Å². The minimum absolute atomic E-state index is 0.0413. The zero-order chi connectivity index (χ0) is 17.6. The van der Waals surface area contributed by atoms with Gasteiger partial charge in [0.15, 0.2) is 14.5 Å². The molecule has 2 aromatic rings. The summed E-state index contributed by atoms with van der Waals surface area (Å²) < 4.78 is 29.9. The predicted molar refractivity (Wildman–Crippen MR) is 99.2 cm³/mol. The summed E-state index contributed by atoms with van der Waals surface area (Å²) in [4.78, 5) is 16.1. The van der Waals surface area contributed by atoms with Gasteiger partial charge in [-0.05, 0) is 52.4 Å². The van der Waals surface area contributed by atoms with Crippen molar-refractivity contribution in [2.24, 2.45) is 5.92 Å². The van der Waals surface area contributed by atoms with Gasteiger partial charge < -0.3 is 9.32 Å². The predicted octanol–water partition coefficient (Wildman–Crippen LogP) is 3.42. The van der Waals surface area contributed by atoms with E-state index in [0.717, 1.165) is 6.42 Å². The second kappa shape index (κ2) is 6.55. The quantitative estimate of drug-likeness (QED) is 0.709. The van der Waals surface area contributed by atoms with Crippen molar-refractivity contribution in [2.45, 2.75) is 31.3 Å². The molecule has 1 saturated heterocycles. The van der Waals surface area contributed by atoms with Crippen LogP contribution < -0.4 is 0 Å². The average Bonchev–Trinajstić information content (AvgIpc) is 2.92. The maximum Gasteiger partial charge on any atom is 0.227 e. The highest BCUT2D eigenvalue weighted by Crippen LogP contribution is 2.50. The maximum atomic E-state index is 13.1. The monoisotopic (exact) mass is 443 g/mol. The molecule has 0 N–H and O–H groups in total. The van der Waals surface area contributed by atoms with Crippen LogP contribution in [0.25, 0.3) is 0 Å². The largest absolute Gasteiger partial charge is 0.452 e. The first-order valence-corrected chi connectivity index (χ1v) is 11.7. The van der Waals surface area contributed by atoms with Gasteiger partial charge in [-0.3, -0.25) is 4.79 Å². The van der Waals surface area contributed by atoms with E-state index in [-0.39, 0.29) is 35.3 Å². The molecule has 25 heavy (non-hydrogen) atoms. The number of hydrogen-bond acceptors (Lipinski definition) is 5. The Morgan fingerprint density at radius 2 is 2.20 bits per heavy atom. The average molecular weight is 444 g/mol. The van der Waals surface area contributed by atoms with Crippen molar-refractivity contribution < 1.29 is 17.6 Å². The van der Waals surface area contributed by atoms with Crippen molar-refractivity contribution in [1.29, 1.82) is 0 Å². The van der Waals surface area contributed by atoms with Gasteiger partial charge in [-0.15, -0.1) is 11.3 Å². The first-order valence-electron chi connectivity index (χ1n) is 8.21. The van der Waals surface area contributed by atoms with Gasteiger partial charge in [-0.1, -0.05) is 6.07 Å². The van der Waals surface area contributed by atoms with Crippen molar-refractivity contribution in [3.8, 4) is 0 Å². The van der Waals surface area contributed by atoms with E-state index in [4.69, 9.17) is 4.42 Å². The molecule has 2 aliphatic rings. The Labute approximate surface area is 159 Å². The Kier molecular flexibility index (Phi) is 4.54. The lowest BCUT2D eigenvalue weighted by atomic mass is 10.1. The number of carbonyl (C=O) groups excluding carboxylic acids is 1. The molecule has 5 nitrogen and oxygen atoms in total. The minimum Gasteiger partial charge on any atom is -0.452 e. The lowest BCUT2D eigenvalue weighted by molar-refractivity contribution is -0.135. The highest BCUT2D eigenvalue weighted by Gasteiger charge is 2.48. The lowest BCUT2D eigenvalue weighted by Gasteiger charge is -2.27. The van der Waals surface area contributed by atoms with Gasteiger partial charge in [0.25, 0.3) is 0 Å². The second-order valence-corrected chi connectivity index (χ2v) is 10.7. The molecule has 3 atom stereocenters. The summed E-state index contributed by atoms with van der Waals surface area (Å²) in [6, 6.07) is 7.41. The Hall–Kier alpha value is -1.12. The molecule has 0 spiro atoms. The third kappa shape index (κ3) is 3.71. The molecule has 2 fully saturated rings. The number of nitrogens with zero attached hydrogens (tertiary/aromatic N) is 1. The summed E-state index contributed by atoms with van der Waals surface area (Å²) in [5.41, 5.74) is 0. The fourth-order valence-corrected chi connectivity index (χ4v) is 6.49. The fraction of sp³-hybridized carbons (Fsp3) is 0.471. The van der Waals surface area contributed by atoms with E-state index < -0.39 is 9.84 Å². The Bertz CT molecular complexity index is 874. The van der Waals surface area contributed by atoms with E-state index in [1.54, 1.807) is 22.3 Å². The lowest BCUT2D eigenvalue weighted by Crippen LogP contribution is -2.41. The van der Waals surface area contributed by atoms with E-state index in [0.29, 0.717) is 23.4 Å². The number of rotatable bonds is 5. The van der Waals surface area contributed by atoms with Gasteiger partial charge in [0.05, 0.1) is 18.1 Å². The molecule has 0 bridgehead atoms. The van der Waals surface area contributed by atoms with E-state index >= 15 is 0 Å². The van der Waals surface area contributed by atoms with Crippen molar-refractivity contribution in [2.75, 3.05) is 11.5 Å². The SMILES string of the molecule is O=C(C1CC1c1cccs1)N(Cc1ccc(Br)o1)C1CCS(=O)(=O)C1. The summed E-state index contributed by atoms with van der Waals surface area (Å²) in [7, 11) is -3.05. The summed E-state index contributed by atoms with van der Waals surface area (Å²) in [5.74, 6) is 1.15. The van der Waals surface area contributed by atoms with Crippen LogP contribution in [0.1, 0.15) is 29.4 Å². The second-order valence-electron chi connectivity index (χ2n) is 6.69. The Morgan fingerprint density at radius 3 is 2.80 bits per heavy atom. The zero-order valence-corrected chi connectivity index (χ0v) is 16.6. The van der Waals surface area contributed by atoms with E-state index in [9.17, 15) is 13.2 Å². The van der Waals surface area contributed by atoms with Crippen LogP contribution in [0.15, 0.2) is 38.7 Å². The number of thiophene rings is 1. The normalized spacial score (nSPS) is 27.3. The van der Waals surface area contributed by atoms with E-state index in [1.807, 2.05) is 17.5 Å². The molecule has 1 amide bonds. The van der Waals surface area contributed by atoms with Crippen LogP contribution in [0.4, 0.5) is 0 Å². The Balaban J connectivity index is 1.53. The summed E-state index contributed by atoms with van der Waals surface area (Å²) in [5, 5.41) is 2.02. The van der Waals surface area contributed by atoms with Crippen LogP contribution in [0.5, 0.6) is 0 Å². The number of halogens is 1. The third-order valence-electron chi connectivity index (χ3n) is 4.90. The van der Waals surface area contributed by atoms with Gasteiger partial charge >= 0.3 is 0 Å². The smallest absolute Gasteiger partial charge is 0.227 e. The topological polar surface area (TPSA) is 67.6 Å². The van der Waals surface area contributed by atoms with Crippen LogP contribution in [0, 0.1) is 5.92 Å². The van der Waals surface area contributed by atoms with Crippen molar-refractivity contribution in [3.05, 3.63) is 45.0 Å². The molecule has 0 aromatic carbocycles. The molecule has 1 aliphatic carbocycles. The van der Waals surface area contributed by atoms with Crippen LogP contribution in [0.3, 0.4) is 0 Å². The molecule has 0 radical (unpaired) electrons. The first-order chi connectivity index (χ1) is 11.9. The van der Waals surface area contributed by atoms with Gasteiger partial charge in [0.1, 0.15) is 5.76 Å². The molecular formula is C17H18BrNO4S2. The number of furan rings is 1. The fourth-order valence-electron chi connectivity index (χ4n) is 3.51. The molecule has 4 rings (SSSR count). The zero-order valence-electron chi connectivity index (χ0n) is 13.4. The van der Waals surface area contributed by atoms with Gasteiger partial charge in [0.2, 0.25) is 5.91 Å². The third-order valence-corrected chi connectivity index (χ3v) is 8.08. The molecule has 1 saturated carbocycles. The first kappa shape index (κ1) is 17.3. The van der Waals surface area contributed by atoms with E-state index in [2.05, 4.69) is 22.0 Å². The molecule has 3 heterocycles. The van der Waals surface area contributed by atoms with Crippen molar-refractivity contribution in [1.82, 2.24) is 4.90 Å². The highest BCUT2D eigenvalue weighted by atomic mass is 79.9. The van der Waals surface area contributed by atoms with Gasteiger partial charge in [-0.25, -0.2) is 8.42 Å². The van der Waals surface area contributed by atoms with Gasteiger partial charge in [0, 0.05) is 22.8 Å². The van der Waals surface area contributed by atoms with Crippen molar-refractivity contribution >= 4 is 43.0 Å².